The summed E-state index contributed by atoms with van der Waals surface area (Å²) in [6, 6.07) is 11.1. The van der Waals surface area contributed by atoms with Gasteiger partial charge in [0.2, 0.25) is 11.8 Å². The Kier molecular flexibility index (Phi) is 11.7. The van der Waals surface area contributed by atoms with Crippen molar-refractivity contribution >= 4 is 24.0 Å². The lowest BCUT2D eigenvalue weighted by atomic mass is 9.92. The number of hydrogen-bond donors (Lipinski definition) is 4. The highest BCUT2D eigenvalue weighted by molar-refractivity contribution is 5.87. The molecule has 302 valence electrons. The second-order valence-corrected chi connectivity index (χ2v) is 16.0. The van der Waals surface area contributed by atoms with Gasteiger partial charge in [0.15, 0.2) is 0 Å². The van der Waals surface area contributed by atoms with Crippen LogP contribution in [-0.4, -0.2) is 93.1 Å². The maximum Gasteiger partial charge on any atom is 0.407 e. The van der Waals surface area contributed by atoms with E-state index in [1.165, 1.54) is 30.9 Å². The van der Waals surface area contributed by atoms with Crippen LogP contribution in [0.1, 0.15) is 94.7 Å². The zero-order chi connectivity index (χ0) is 40.4. The number of H-pyrrole nitrogens is 2. The highest BCUT2D eigenvalue weighted by Gasteiger charge is 2.39. The van der Waals surface area contributed by atoms with E-state index in [1.807, 2.05) is 49.9 Å². The van der Waals surface area contributed by atoms with Crippen LogP contribution in [0.15, 0.2) is 48.8 Å². The molecule has 4 N–H and O–H groups in total. The molecule has 0 spiro atoms. The second-order valence-electron chi connectivity index (χ2n) is 16.0. The average Bonchev–Trinajstić information content (AvgIpc) is 4.07. The van der Waals surface area contributed by atoms with Gasteiger partial charge in [0.1, 0.15) is 23.7 Å². The number of nitrogens with one attached hydrogen (secondary N) is 4. The zero-order valence-corrected chi connectivity index (χ0v) is 33.7. The zero-order valence-electron chi connectivity index (χ0n) is 33.7. The van der Waals surface area contributed by atoms with E-state index in [9.17, 15) is 19.2 Å². The SMILES string of the molecule is COC(=O)NC(C(=O)N1CCCC1c1ncc(-c2ccc(-c3ccc(-c4cnc(C5CCCN5C(=O)C(NC(=O)OC)C(C)C)[nH]4)c4c3CCC4)cc2)[nH]1)C(C)C. The molecule has 4 atom stereocenters. The topological polar surface area (TPSA) is 175 Å². The Balaban J connectivity index is 1.07. The number of ether oxygens (including phenoxy) is 2. The third-order valence-electron chi connectivity index (χ3n) is 11.8. The Morgan fingerprint density at radius 2 is 1.11 bits per heavy atom. The largest absolute Gasteiger partial charge is 0.453 e. The van der Waals surface area contributed by atoms with E-state index >= 15 is 0 Å². The number of aromatic nitrogens is 4. The van der Waals surface area contributed by atoms with Crippen LogP contribution >= 0.6 is 0 Å². The fourth-order valence-corrected chi connectivity index (χ4v) is 8.74. The molecule has 57 heavy (non-hydrogen) atoms. The van der Waals surface area contributed by atoms with Crippen molar-refractivity contribution in [3.05, 3.63) is 71.6 Å². The quantitative estimate of drug-likeness (QED) is 0.130. The van der Waals surface area contributed by atoms with E-state index in [4.69, 9.17) is 19.4 Å². The number of fused-ring (bicyclic) bond motifs is 1. The lowest BCUT2D eigenvalue weighted by Gasteiger charge is -2.30. The first-order valence-electron chi connectivity index (χ1n) is 20.1. The van der Waals surface area contributed by atoms with Gasteiger partial charge in [-0.2, -0.15) is 0 Å². The minimum atomic E-state index is -0.686. The number of carbonyl (C=O) groups is 4. The molecule has 2 aromatic heterocycles. The number of amides is 4. The van der Waals surface area contributed by atoms with E-state index in [0.717, 1.165) is 84.7 Å². The second kappa shape index (κ2) is 16.8. The van der Waals surface area contributed by atoms with Crippen molar-refractivity contribution < 1.29 is 28.7 Å². The van der Waals surface area contributed by atoms with Crippen molar-refractivity contribution in [2.45, 2.75) is 96.8 Å². The molecule has 4 heterocycles. The van der Waals surface area contributed by atoms with Crippen LogP contribution in [0.3, 0.4) is 0 Å². The van der Waals surface area contributed by atoms with E-state index in [2.05, 4.69) is 57.0 Å². The van der Waals surface area contributed by atoms with Crippen LogP contribution in [0.5, 0.6) is 0 Å². The van der Waals surface area contributed by atoms with Gasteiger partial charge in [0, 0.05) is 18.7 Å². The summed E-state index contributed by atoms with van der Waals surface area (Å²) in [6.07, 6.45) is 8.80. The molecule has 7 rings (SSSR count). The normalized spacial score (nSPS) is 18.8. The third-order valence-corrected chi connectivity index (χ3v) is 11.8. The van der Waals surface area contributed by atoms with Crippen LogP contribution in [0.25, 0.3) is 33.6 Å². The highest BCUT2D eigenvalue weighted by atomic mass is 16.5. The molecule has 2 aromatic carbocycles. The lowest BCUT2D eigenvalue weighted by Crippen LogP contribution is -2.51. The molecule has 3 aliphatic rings. The number of likely N-dealkylation sites (tertiary alicyclic amines) is 2. The maximum atomic E-state index is 13.7. The van der Waals surface area contributed by atoms with Gasteiger partial charge in [-0.05, 0) is 84.6 Å². The van der Waals surface area contributed by atoms with Gasteiger partial charge in [0.05, 0.1) is 50.1 Å². The first-order chi connectivity index (χ1) is 27.5. The number of alkyl carbamates (subject to hydrolysis) is 2. The predicted octanol–water partition coefficient (Wildman–Crippen LogP) is 6.71. The van der Waals surface area contributed by atoms with E-state index in [-0.39, 0.29) is 35.7 Å². The molecule has 2 fully saturated rings. The molecule has 4 aromatic rings. The summed E-state index contributed by atoms with van der Waals surface area (Å²) >= 11 is 0. The van der Waals surface area contributed by atoms with Crippen molar-refractivity contribution in [3.63, 3.8) is 0 Å². The molecular weight excluding hydrogens is 725 g/mol. The highest BCUT2D eigenvalue weighted by Crippen LogP contribution is 2.40. The number of nitrogens with zero attached hydrogens (tertiary/aromatic N) is 4. The van der Waals surface area contributed by atoms with E-state index in [1.54, 1.807) is 0 Å². The fraction of sp³-hybridized carbons (Fsp3) is 0.488. The molecule has 14 nitrogen and oxygen atoms in total. The van der Waals surface area contributed by atoms with Crippen LogP contribution in [0, 0.1) is 11.8 Å². The molecule has 0 saturated carbocycles. The van der Waals surface area contributed by atoms with Crippen LogP contribution in [0.2, 0.25) is 0 Å². The van der Waals surface area contributed by atoms with Gasteiger partial charge < -0.3 is 39.9 Å². The molecule has 4 unspecified atom stereocenters. The van der Waals surface area contributed by atoms with Crippen molar-refractivity contribution in [3.8, 4) is 33.6 Å². The number of hydrogen-bond acceptors (Lipinski definition) is 8. The summed E-state index contributed by atoms with van der Waals surface area (Å²) in [6.45, 7) is 8.84. The fourth-order valence-electron chi connectivity index (χ4n) is 8.74. The smallest absolute Gasteiger partial charge is 0.407 e. The van der Waals surface area contributed by atoms with Crippen molar-refractivity contribution in [1.82, 2.24) is 40.4 Å². The average molecular weight is 779 g/mol. The summed E-state index contributed by atoms with van der Waals surface area (Å²) in [5.74, 6) is 1.03. The first kappa shape index (κ1) is 39.6. The predicted molar refractivity (Wildman–Crippen MR) is 215 cm³/mol. The number of rotatable bonds is 11. The molecule has 0 radical (unpaired) electrons. The molecule has 2 saturated heterocycles. The van der Waals surface area contributed by atoms with Gasteiger partial charge in [0.25, 0.3) is 0 Å². The molecule has 0 bridgehead atoms. The van der Waals surface area contributed by atoms with E-state index < -0.39 is 24.3 Å². The van der Waals surface area contributed by atoms with Crippen LogP contribution in [0.4, 0.5) is 9.59 Å². The summed E-state index contributed by atoms with van der Waals surface area (Å²) in [5.41, 5.74) is 8.97. The van der Waals surface area contributed by atoms with Crippen molar-refractivity contribution in [2.75, 3.05) is 27.3 Å². The Morgan fingerprint density at radius 3 is 1.61 bits per heavy atom. The minimum absolute atomic E-state index is 0.102. The number of imidazole rings is 2. The number of carbonyl (C=O) groups excluding carboxylic acids is 4. The molecule has 1 aliphatic carbocycles. The summed E-state index contributed by atoms with van der Waals surface area (Å²) in [4.78, 5) is 71.5. The Hall–Kier alpha value is -5.66. The van der Waals surface area contributed by atoms with Crippen molar-refractivity contribution in [2.24, 2.45) is 11.8 Å². The minimum Gasteiger partial charge on any atom is -0.453 e. The Labute approximate surface area is 333 Å². The monoisotopic (exact) mass is 778 g/mol. The van der Waals surface area contributed by atoms with Gasteiger partial charge in [-0.15, -0.1) is 0 Å². The van der Waals surface area contributed by atoms with Gasteiger partial charge >= 0.3 is 12.2 Å². The van der Waals surface area contributed by atoms with Crippen LogP contribution in [-0.2, 0) is 31.9 Å². The van der Waals surface area contributed by atoms with Crippen LogP contribution < -0.4 is 10.6 Å². The summed E-state index contributed by atoms with van der Waals surface area (Å²) in [7, 11) is 2.59. The standard InChI is InChI=1S/C43H54N8O6/c1-24(2)36(48-42(54)56-5)40(52)50-20-8-12-34(50)38-44-22-32(46-38)27-16-14-26(15-17-27)28-18-19-31(30-11-7-10-29(28)30)33-23-45-39(47-33)35-13-9-21-51(35)41(53)37(25(3)4)49-43(55)57-6/h14-19,22-25,34-37H,7-13,20-21H2,1-6H3,(H,44,46)(H,45,47)(H,48,54)(H,49,55). The molecule has 2 aliphatic heterocycles. The number of methoxy groups -OCH3 is 2. The maximum absolute atomic E-state index is 13.7. The Bertz CT molecular complexity index is 2110. The van der Waals surface area contributed by atoms with E-state index in [0.29, 0.717) is 13.1 Å². The molecule has 14 heteroatoms. The molecule has 4 amide bonds. The lowest BCUT2D eigenvalue weighted by molar-refractivity contribution is -0.136. The first-order valence-corrected chi connectivity index (χ1v) is 20.1. The third kappa shape index (κ3) is 7.99. The summed E-state index contributed by atoms with van der Waals surface area (Å²) < 4.78 is 9.56. The van der Waals surface area contributed by atoms with Gasteiger partial charge in [-0.25, -0.2) is 19.6 Å². The number of benzene rings is 2. The van der Waals surface area contributed by atoms with Gasteiger partial charge in [-0.1, -0.05) is 64.1 Å². The van der Waals surface area contributed by atoms with Gasteiger partial charge in [-0.3, -0.25) is 9.59 Å². The Morgan fingerprint density at radius 1 is 0.649 bits per heavy atom. The molecular formula is C43H54N8O6. The van der Waals surface area contributed by atoms with Crippen molar-refractivity contribution in [1.29, 1.82) is 0 Å². The summed E-state index contributed by atoms with van der Waals surface area (Å²) in [5, 5.41) is 5.43. The number of aromatic amines is 2.